The van der Waals surface area contributed by atoms with Gasteiger partial charge in [-0.1, -0.05) is 27.5 Å². The van der Waals surface area contributed by atoms with Crippen LogP contribution in [0.5, 0.6) is 0 Å². The van der Waals surface area contributed by atoms with Crippen LogP contribution in [0, 0.1) is 5.82 Å². The number of hydrogen-bond acceptors (Lipinski definition) is 4. The van der Waals surface area contributed by atoms with E-state index in [0.29, 0.717) is 10.1 Å². The first-order valence-electron chi connectivity index (χ1n) is 7.43. The number of imidazole rings is 1. The lowest BCUT2D eigenvalue weighted by Crippen LogP contribution is -2.42. The highest BCUT2D eigenvalue weighted by molar-refractivity contribution is 9.10. The van der Waals surface area contributed by atoms with Crippen LogP contribution in [0.3, 0.4) is 0 Å². The van der Waals surface area contributed by atoms with Crippen LogP contribution in [0.25, 0.3) is 5.65 Å². The molecule has 0 spiro atoms. The number of amides is 2. The van der Waals surface area contributed by atoms with E-state index in [1.807, 2.05) is 0 Å². The standard InChI is InChI=1S/C16H11BrCl2FN5O2/c17-8-1-2-11(10(20)5-8)22-14-9(16(27)24-23-12(26)6-18)7-25-4-3-21-15(25)13(14)19/h1-5,7,22H,6H2,(H,23,26)(H,24,27). The lowest BCUT2D eigenvalue weighted by atomic mass is 10.2. The van der Waals surface area contributed by atoms with E-state index in [2.05, 4.69) is 37.1 Å². The second-order valence-electron chi connectivity index (χ2n) is 5.27. The number of fused-ring (bicyclic) bond motifs is 1. The molecule has 3 aromatic rings. The highest BCUT2D eigenvalue weighted by Crippen LogP contribution is 2.33. The summed E-state index contributed by atoms with van der Waals surface area (Å²) in [5.74, 6) is -2.14. The van der Waals surface area contributed by atoms with E-state index in [1.165, 1.54) is 28.9 Å². The van der Waals surface area contributed by atoms with E-state index in [-0.39, 0.29) is 27.8 Å². The van der Waals surface area contributed by atoms with Gasteiger partial charge in [-0.3, -0.25) is 20.4 Å². The van der Waals surface area contributed by atoms with E-state index in [4.69, 9.17) is 23.2 Å². The number of alkyl halides is 1. The summed E-state index contributed by atoms with van der Waals surface area (Å²) < 4.78 is 16.3. The third kappa shape index (κ3) is 4.15. The topological polar surface area (TPSA) is 87.5 Å². The molecule has 0 aliphatic rings. The molecular formula is C16H11BrCl2FN5O2. The average Bonchev–Trinajstić information content (AvgIpc) is 3.12. The molecule has 7 nitrogen and oxygen atoms in total. The lowest BCUT2D eigenvalue weighted by molar-refractivity contribution is -0.119. The van der Waals surface area contributed by atoms with Gasteiger partial charge in [-0.2, -0.15) is 0 Å². The Morgan fingerprint density at radius 3 is 2.78 bits per heavy atom. The highest BCUT2D eigenvalue weighted by atomic mass is 79.9. The van der Waals surface area contributed by atoms with Crippen molar-refractivity contribution in [3.63, 3.8) is 0 Å². The molecule has 0 saturated carbocycles. The van der Waals surface area contributed by atoms with Gasteiger partial charge in [0.25, 0.3) is 11.8 Å². The van der Waals surface area contributed by atoms with Crippen molar-refractivity contribution in [1.82, 2.24) is 20.2 Å². The molecule has 140 valence electrons. The minimum absolute atomic E-state index is 0.0580. The van der Waals surface area contributed by atoms with Gasteiger partial charge in [-0.25, -0.2) is 9.37 Å². The lowest BCUT2D eigenvalue weighted by Gasteiger charge is -2.16. The zero-order valence-corrected chi connectivity index (χ0v) is 16.5. The maximum absolute atomic E-state index is 14.2. The minimum atomic E-state index is -0.675. The summed E-state index contributed by atoms with van der Waals surface area (Å²) in [4.78, 5) is 27.9. The van der Waals surface area contributed by atoms with E-state index < -0.39 is 17.6 Å². The van der Waals surface area contributed by atoms with Crippen molar-refractivity contribution in [2.24, 2.45) is 0 Å². The molecule has 0 saturated heterocycles. The Morgan fingerprint density at radius 1 is 1.30 bits per heavy atom. The van der Waals surface area contributed by atoms with Crippen LogP contribution in [0.4, 0.5) is 15.8 Å². The van der Waals surface area contributed by atoms with Gasteiger partial charge >= 0.3 is 0 Å². The largest absolute Gasteiger partial charge is 0.351 e. The average molecular weight is 475 g/mol. The molecule has 0 atom stereocenters. The Kier molecular flexibility index (Phi) is 5.83. The maximum atomic E-state index is 14.2. The summed E-state index contributed by atoms with van der Waals surface area (Å²) in [7, 11) is 0. The van der Waals surface area contributed by atoms with Gasteiger partial charge in [-0.05, 0) is 18.2 Å². The SMILES string of the molecule is O=C(CCl)NNC(=O)c1cn2ccnc2c(Cl)c1Nc1ccc(Br)cc1F. The molecule has 0 radical (unpaired) electrons. The third-order valence-corrected chi connectivity index (χ3v) is 4.59. The van der Waals surface area contributed by atoms with Crippen molar-refractivity contribution in [2.45, 2.75) is 0 Å². The van der Waals surface area contributed by atoms with Crippen molar-refractivity contribution >= 4 is 68.0 Å². The first kappa shape index (κ1) is 19.4. The normalized spacial score (nSPS) is 10.7. The van der Waals surface area contributed by atoms with Crippen LogP contribution in [0.2, 0.25) is 5.02 Å². The summed E-state index contributed by atoms with van der Waals surface area (Å²) in [6, 6.07) is 4.39. The molecule has 2 heterocycles. The second kappa shape index (κ2) is 8.12. The monoisotopic (exact) mass is 473 g/mol. The number of nitrogens with zero attached hydrogens (tertiary/aromatic N) is 2. The Morgan fingerprint density at radius 2 is 2.07 bits per heavy atom. The van der Waals surface area contributed by atoms with E-state index in [0.717, 1.165) is 0 Å². The molecule has 0 aliphatic heterocycles. The molecule has 2 aromatic heterocycles. The predicted octanol–water partition coefficient (Wildman–Crippen LogP) is 3.63. The van der Waals surface area contributed by atoms with Crippen LogP contribution in [-0.2, 0) is 4.79 Å². The van der Waals surface area contributed by atoms with Gasteiger partial charge in [0.05, 0.1) is 16.9 Å². The van der Waals surface area contributed by atoms with Gasteiger partial charge < -0.3 is 9.72 Å². The summed E-state index contributed by atoms with van der Waals surface area (Å²) >= 11 is 15.0. The Bertz CT molecular complexity index is 1040. The van der Waals surface area contributed by atoms with Crippen molar-refractivity contribution in [2.75, 3.05) is 11.2 Å². The number of pyridine rings is 1. The van der Waals surface area contributed by atoms with Crippen LogP contribution in [0.1, 0.15) is 10.4 Å². The number of hydrogen-bond donors (Lipinski definition) is 3. The van der Waals surface area contributed by atoms with Crippen molar-refractivity contribution in [3.8, 4) is 0 Å². The van der Waals surface area contributed by atoms with Gasteiger partial charge in [0.2, 0.25) is 0 Å². The second-order valence-corrected chi connectivity index (χ2v) is 6.84. The molecule has 27 heavy (non-hydrogen) atoms. The summed E-state index contributed by atoms with van der Waals surface area (Å²) in [6.45, 7) is 0. The van der Waals surface area contributed by atoms with E-state index in [1.54, 1.807) is 12.3 Å². The number of benzene rings is 1. The first-order chi connectivity index (χ1) is 12.9. The van der Waals surface area contributed by atoms with E-state index >= 15 is 0 Å². The number of carbonyl (C=O) groups is 2. The molecule has 0 fully saturated rings. The number of rotatable bonds is 4. The zero-order valence-electron chi connectivity index (χ0n) is 13.4. The summed E-state index contributed by atoms with van der Waals surface area (Å²) in [6.07, 6.45) is 4.55. The first-order valence-corrected chi connectivity index (χ1v) is 9.13. The smallest absolute Gasteiger partial charge is 0.273 e. The Balaban J connectivity index is 2.04. The molecule has 3 N–H and O–H groups in total. The molecule has 2 amide bonds. The molecular weight excluding hydrogens is 464 g/mol. The minimum Gasteiger partial charge on any atom is -0.351 e. The highest BCUT2D eigenvalue weighted by Gasteiger charge is 2.20. The number of nitrogens with one attached hydrogen (secondary N) is 3. The fourth-order valence-electron chi connectivity index (χ4n) is 2.27. The van der Waals surface area contributed by atoms with E-state index in [9.17, 15) is 14.0 Å². The van der Waals surface area contributed by atoms with Crippen LogP contribution >= 0.6 is 39.1 Å². The molecule has 0 aliphatic carbocycles. The molecule has 0 bridgehead atoms. The van der Waals surface area contributed by atoms with Gasteiger partial charge in [0.1, 0.15) is 16.7 Å². The van der Waals surface area contributed by atoms with Crippen molar-refractivity contribution in [3.05, 3.63) is 57.7 Å². The molecule has 0 unspecified atom stereocenters. The Labute approximate surface area is 171 Å². The summed E-state index contributed by atoms with van der Waals surface area (Å²) in [5.41, 5.74) is 5.05. The number of hydrazine groups is 1. The van der Waals surface area contributed by atoms with Gasteiger partial charge in [-0.15, -0.1) is 11.6 Å². The Hall–Kier alpha value is -2.36. The van der Waals surface area contributed by atoms with Gasteiger partial charge in [0.15, 0.2) is 5.65 Å². The quantitative estimate of drug-likeness (QED) is 0.398. The number of carbonyl (C=O) groups excluding carboxylic acids is 2. The van der Waals surface area contributed by atoms with Crippen LogP contribution in [0.15, 0.2) is 41.3 Å². The molecule has 11 heteroatoms. The summed E-state index contributed by atoms with van der Waals surface area (Å²) in [5, 5.41) is 2.93. The van der Waals surface area contributed by atoms with Crippen LogP contribution in [-0.4, -0.2) is 27.1 Å². The molecule has 1 aromatic carbocycles. The molecule has 3 rings (SSSR count). The van der Waals surface area contributed by atoms with Crippen molar-refractivity contribution < 1.29 is 14.0 Å². The van der Waals surface area contributed by atoms with Crippen LogP contribution < -0.4 is 16.2 Å². The maximum Gasteiger partial charge on any atom is 0.273 e. The number of anilines is 2. The predicted molar refractivity (Wildman–Crippen MR) is 104 cm³/mol. The van der Waals surface area contributed by atoms with Crippen molar-refractivity contribution in [1.29, 1.82) is 0 Å². The third-order valence-electron chi connectivity index (χ3n) is 3.49. The zero-order chi connectivity index (χ0) is 19.6. The number of halogens is 4. The fraction of sp³-hybridized carbons (Fsp3) is 0.0625. The fourth-order valence-corrected chi connectivity index (χ4v) is 2.96. The number of aromatic nitrogens is 2. The van der Waals surface area contributed by atoms with Gasteiger partial charge in [0, 0.05) is 23.1 Å².